The van der Waals surface area contributed by atoms with Crippen molar-refractivity contribution in [2.75, 3.05) is 19.7 Å². The van der Waals surface area contributed by atoms with E-state index in [4.69, 9.17) is 30.8 Å². The minimum atomic E-state index is -1.28. The summed E-state index contributed by atoms with van der Waals surface area (Å²) in [5, 5.41) is 10.2. The van der Waals surface area contributed by atoms with Gasteiger partial charge in [-0.15, -0.1) is 0 Å². The molecule has 1 aromatic heterocycles. The van der Waals surface area contributed by atoms with E-state index in [1.54, 1.807) is 19.1 Å². The van der Waals surface area contributed by atoms with E-state index in [-0.39, 0.29) is 17.7 Å². The lowest BCUT2D eigenvalue weighted by molar-refractivity contribution is -0.0712. The Hall–Kier alpha value is -3.14. The van der Waals surface area contributed by atoms with Crippen molar-refractivity contribution in [2.45, 2.75) is 70.4 Å². The summed E-state index contributed by atoms with van der Waals surface area (Å²) in [5.41, 5.74) is 2.25. The molecule has 0 bridgehead atoms. The third-order valence-corrected chi connectivity index (χ3v) is 8.49. The molecule has 0 amide bonds. The van der Waals surface area contributed by atoms with Gasteiger partial charge in [-0.3, -0.25) is 4.90 Å². The lowest BCUT2D eigenvalue weighted by Crippen LogP contribution is -2.36. The first-order chi connectivity index (χ1) is 19.3. The molecule has 1 N–H and O–H groups in total. The van der Waals surface area contributed by atoms with Crippen molar-refractivity contribution in [2.24, 2.45) is 0 Å². The van der Waals surface area contributed by atoms with E-state index in [2.05, 4.69) is 11.0 Å². The number of piperidine rings is 1. The van der Waals surface area contributed by atoms with E-state index in [0.29, 0.717) is 47.3 Å². The molecule has 4 heterocycles. The van der Waals surface area contributed by atoms with Gasteiger partial charge in [0.25, 0.3) is 5.79 Å². The number of carbonyl (C=O) groups is 1. The van der Waals surface area contributed by atoms with Gasteiger partial charge in [0.2, 0.25) is 0 Å². The molecule has 0 saturated carbocycles. The molecule has 0 radical (unpaired) electrons. The van der Waals surface area contributed by atoms with E-state index in [0.717, 1.165) is 50.3 Å². The smallest absolute Gasteiger partial charge is 0.354 e. The number of aromatic nitrogens is 2. The number of carboxylic acids is 1. The van der Waals surface area contributed by atoms with E-state index in [1.807, 2.05) is 23.6 Å². The van der Waals surface area contributed by atoms with Crippen LogP contribution in [0.2, 0.25) is 5.02 Å². The van der Waals surface area contributed by atoms with Gasteiger partial charge in [0, 0.05) is 24.1 Å². The number of ether oxygens (including phenoxy) is 3. The molecule has 2 atom stereocenters. The zero-order chi connectivity index (χ0) is 28.0. The first-order valence-corrected chi connectivity index (χ1v) is 14.3. The summed E-state index contributed by atoms with van der Waals surface area (Å²) in [6.07, 6.45) is 3.32. The van der Waals surface area contributed by atoms with Gasteiger partial charge in [-0.05, 0) is 69.0 Å². The quantitative estimate of drug-likeness (QED) is 0.370. The third-order valence-electron chi connectivity index (χ3n) is 8.26. The van der Waals surface area contributed by atoms with Crippen molar-refractivity contribution >= 4 is 17.6 Å². The summed E-state index contributed by atoms with van der Waals surface area (Å²) in [5.74, 6) is -0.417. The van der Waals surface area contributed by atoms with Gasteiger partial charge in [0.15, 0.2) is 17.2 Å². The Morgan fingerprint density at radius 1 is 1.20 bits per heavy atom. The maximum Gasteiger partial charge on any atom is 0.354 e. The van der Waals surface area contributed by atoms with Crippen molar-refractivity contribution < 1.29 is 28.5 Å². The van der Waals surface area contributed by atoms with Crippen LogP contribution in [0.3, 0.4) is 0 Å². The second-order valence-corrected chi connectivity index (χ2v) is 11.3. The monoisotopic (exact) mass is 569 g/mol. The molecule has 3 aliphatic rings. The summed E-state index contributed by atoms with van der Waals surface area (Å²) in [7, 11) is 0. The molecule has 10 heteroatoms. The minimum absolute atomic E-state index is 0.0379. The Bertz CT molecular complexity index is 1430. The fraction of sp³-hybridized carbons (Fsp3) is 0.467. The number of aromatic carboxylic acids is 1. The first kappa shape index (κ1) is 27.1. The van der Waals surface area contributed by atoms with Crippen LogP contribution in [-0.4, -0.2) is 51.3 Å². The number of hydrogen-bond acceptors (Lipinski definition) is 6. The van der Waals surface area contributed by atoms with Crippen LogP contribution in [0.5, 0.6) is 11.5 Å². The van der Waals surface area contributed by atoms with E-state index < -0.39 is 17.6 Å². The van der Waals surface area contributed by atoms with Crippen LogP contribution in [0.1, 0.15) is 72.2 Å². The number of aryl methyl sites for hydroxylation is 1. The van der Waals surface area contributed by atoms with Crippen LogP contribution in [0.4, 0.5) is 4.39 Å². The number of imidazole rings is 1. The normalized spacial score (nSPS) is 22.9. The molecule has 0 aliphatic carbocycles. The number of nitrogens with zero attached hydrogens (tertiary/aromatic N) is 3. The molecule has 40 heavy (non-hydrogen) atoms. The number of hydrogen-bond donors (Lipinski definition) is 1. The Labute approximate surface area is 237 Å². The van der Waals surface area contributed by atoms with Crippen LogP contribution in [0, 0.1) is 5.82 Å². The van der Waals surface area contributed by atoms with Crippen molar-refractivity contribution in [1.29, 1.82) is 0 Å². The number of para-hydroxylation sites is 1. The maximum absolute atomic E-state index is 14.8. The predicted molar refractivity (Wildman–Crippen MR) is 147 cm³/mol. The summed E-state index contributed by atoms with van der Waals surface area (Å²) < 4.78 is 34.7. The summed E-state index contributed by atoms with van der Waals surface area (Å²) in [4.78, 5) is 19.2. The Morgan fingerprint density at radius 2 is 1.98 bits per heavy atom. The Balaban J connectivity index is 1.17. The molecule has 2 fully saturated rings. The summed E-state index contributed by atoms with van der Waals surface area (Å²) in [6.45, 7) is 7.13. The van der Waals surface area contributed by atoms with Crippen molar-refractivity contribution in [3.05, 3.63) is 75.6 Å². The number of rotatable bonds is 8. The third kappa shape index (κ3) is 4.95. The molecule has 0 unspecified atom stereocenters. The van der Waals surface area contributed by atoms with Crippen LogP contribution in [0.15, 0.2) is 36.4 Å². The molecule has 2 aromatic carbocycles. The highest BCUT2D eigenvalue weighted by atomic mass is 35.5. The minimum Gasteiger partial charge on any atom is -0.477 e. The Morgan fingerprint density at radius 3 is 2.62 bits per heavy atom. The van der Waals surface area contributed by atoms with Crippen LogP contribution >= 0.6 is 11.6 Å². The highest BCUT2D eigenvalue weighted by Crippen LogP contribution is 2.49. The Kier molecular flexibility index (Phi) is 7.23. The average Bonchev–Trinajstić information content (AvgIpc) is 3.43. The summed E-state index contributed by atoms with van der Waals surface area (Å²) in [6, 6.07) is 10.4. The van der Waals surface area contributed by atoms with Crippen LogP contribution in [-0.2, 0) is 30.0 Å². The lowest BCUT2D eigenvalue weighted by Gasteiger charge is -2.33. The van der Waals surface area contributed by atoms with Gasteiger partial charge in [-0.1, -0.05) is 30.7 Å². The molecule has 2 saturated heterocycles. The van der Waals surface area contributed by atoms with Crippen molar-refractivity contribution in [3.63, 3.8) is 0 Å². The maximum atomic E-state index is 14.8. The number of fused-ring (bicyclic) bond motifs is 1. The average molecular weight is 570 g/mol. The predicted octanol–water partition coefficient (Wildman–Crippen LogP) is 5.75. The highest BCUT2D eigenvalue weighted by molar-refractivity contribution is 6.30. The standard InChI is InChI=1S/C30H33ClFN3O5/c1-3-24-27(29(36)37)35(16-20-11-14-38-20)26(33-24)17-34-12-9-18(10-13-34)21-5-4-6-25-28(21)40-30(2,39-25)22-8-7-19(31)15-23(22)32/h4-8,15,18,20H,3,9-14,16-17H2,1-2H3,(H,36,37)/t20-,30-/m0/s1. The molecular formula is C30H33ClFN3O5. The van der Waals surface area contributed by atoms with Crippen molar-refractivity contribution in [1.82, 2.24) is 14.5 Å². The fourth-order valence-corrected chi connectivity index (χ4v) is 6.19. The van der Waals surface area contributed by atoms with Crippen LogP contribution in [0.25, 0.3) is 0 Å². The number of carboxylic acid groups (broad SMARTS) is 1. The van der Waals surface area contributed by atoms with Gasteiger partial charge < -0.3 is 23.9 Å². The number of likely N-dealkylation sites (tertiary alicyclic amines) is 1. The highest BCUT2D eigenvalue weighted by Gasteiger charge is 2.43. The van der Waals surface area contributed by atoms with E-state index in [1.165, 1.54) is 6.07 Å². The van der Waals surface area contributed by atoms with Gasteiger partial charge in [-0.2, -0.15) is 0 Å². The van der Waals surface area contributed by atoms with Gasteiger partial charge in [-0.25, -0.2) is 14.2 Å². The van der Waals surface area contributed by atoms with Crippen molar-refractivity contribution in [3.8, 4) is 11.5 Å². The molecule has 212 valence electrons. The molecule has 3 aromatic rings. The number of halogens is 2. The fourth-order valence-electron chi connectivity index (χ4n) is 6.03. The second-order valence-electron chi connectivity index (χ2n) is 10.9. The summed E-state index contributed by atoms with van der Waals surface area (Å²) >= 11 is 5.96. The van der Waals surface area contributed by atoms with E-state index in [9.17, 15) is 14.3 Å². The SMILES string of the molecule is CCc1nc(CN2CCC(c3cccc4c3O[C@@](C)(c3ccc(Cl)cc3F)O4)CC2)n(C[C@@H]2CCO2)c1C(=O)O. The van der Waals surface area contributed by atoms with Gasteiger partial charge in [0.05, 0.1) is 30.5 Å². The topological polar surface area (TPSA) is 86.0 Å². The van der Waals surface area contributed by atoms with E-state index >= 15 is 0 Å². The molecular weight excluding hydrogens is 537 g/mol. The number of benzene rings is 2. The van der Waals surface area contributed by atoms with Crippen LogP contribution < -0.4 is 9.47 Å². The first-order valence-electron chi connectivity index (χ1n) is 13.9. The zero-order valence-electron chi connectivity index (χ0n) is 22.7. The zero-order valence-corrected chi connectivity index (χ0v) is 23.4. The lowest BCUT2D eigenvalue weighted by atomic mass is 9.88. The molecule has 3 aliphatic heterocycles. The molecule has 6 rings (SSSR count). The van der Waals surface area contributed by atoms with Gasteiger partial charge in [0.1, 0.15) is 11.6 Å². The van der Waals surface area contributed by atoms with Gasteiger partial charge >= 0.3 is 5.97 Å². The molecule has 0 spiro atoms. The molecule has 8 nitrogen and oxygen atoms in total. The largest absolute Gasteiger partial charge is 0.477 e. The second kappa shape index (κ2) is 10.7.